The molecular weight excluding hydrogens is 246 g/mol. The molecule has 0 spiro atoms. The van der Waals surface area contributed by atoms with Crippen LogP contribution >= 0.6 is 0 Å². The van der Waals surface area contributed by atoms with E-state index >= 15 is 0 Å². The number of carbonyl (C=O) groups is 2. The van der Waals surface area contributed by atoms with Gasteiger partial charge in [0.1, 0.15) is 6.04 Å². The number of hydrogen-bond acceptors (Lipinski definition) is 3. The second kappa shape index (κ2) is 7.81. The Morgan fingerprint density at radius 1 is 1.42 bits per heavy atom. The van der Waals surface area contributed by atoms with Crippen LogP contribution in [0.3, 0.4) is 0 Å². The van der Waals surface area contributed by atoms with E-state index in [1.807, 2.05) is 6.08 Å². The molecule has 0 heterocycles. The smallest absolute Gasteiger partial charge is 0.407 e. The molecule has 19 heavy (non-hydrogen) atoms. The molecule has 0 saturated heterocycles. The standard InChI is InChI=1S/C14H25NO4/c1-6-7-14(4,5)8-9-19-13(18)15-11(10(2)3)12(16)17/h6,10-11H,1,7-9H2,2-5H3,(H,15,18)(H,16,17)/t11-/m0/s1. The van der Waals surface area contributed by atoms with E-state index in [2.05, 4.69) is 25.7 Å². The first-order valence-corrected chi connectivity index (χ1v) is 6.46. The van der Waals surface area contributed by atoms with Gasteiger partial charge in [-0.3, -0.25) is 0 Å². The Kier molecular flexibility index (Phi) is 7.19. The molecule has 5 nitrogen and oxygen atoms in total. The predicted molar refractivity (Wildman–Crippen MR) is 74.0 cm³/mol. The Morgan fingerprint density at radius 2 is 2.00 bits per heavy atom. The number of rotatable bonds is 8. The van der Waals surface area contributed by atoms with Gasteiger partial charge < -0.3 is 15.2 Å². The average Bonchev–Trinajstić information content (AvgIpc) is 2.24. The third kappa shape index (κ3) is 7.49. The van der Waals surface area contributed by atoms with Gasteiger partial charge in [0.2, 0.25) is 0 Å². The van der Waals surface area contributed by atoms with Crippen LogP contribution in [0, 0.1) is 11.3 Å². The molecule has 0 aliphatic heterocycles. The van der Waals surface area contributed by atoms with Crippen molar-refractivity contribution in [1.82, 2.24) is 5.32 Å². The van der Waals surface area contributed by atoms with Crippen molar-refractivity contribution in [2.45, 2.75) is 46.6 Å². The van der Waals surface area contributed by atoms with Crippen molar-refractivity contribution in [2.24, 2.45) is 11.3 Å². The molecule has 0 unspecified atom stereocenters. The minimum absolute atomic E-state index is 0.0201. The Hall–Kier alpha value is -1.52. The van der Waals surface area contributed by atoms with E-state index in [9.17, 15) is 9.59 Å². The third-order valence-electron chi connectivity index (χ3n) is 2.91. The molecule has 2 N–H and O–H groups in total. The number of allylic oxidation sites excluding steroid dienone is 1. The Balaban J connectivity index is 4.12. The number of ether oxygens (including phenoxy) is 1. The topological polar surface area (TPSA) is 75.6 Å². The van der Waals surface area contributed by atoms with Gasteiger partial charge >= 0.3 is 12.1 Å². The molecule has 0 aliphatic carbocycles. The first-order valence-electron chi connectivity index (χ1n) is 6.46. The maximum absolute atomic E-state index is 11.5. The van der Waals surface area contributed by atoms with Crippen LogP contribution in [0.4, 0.5) is 4.79 Å². The van der Waals surface area contributed by atoms with E-state index in [0.29, 0.717) is 6.42 Å². The van der Waals surface area contributed by atoms with Crippen molar-refractivity contribution in [3.05, 3.63) is 12.7 Å². The maximum atomic E-state index is 11.5. The van der Waals surface area contributed by atoms with Crippen molar-refractivity contribution in [3.8, 4) is 0 Å². The van der Waals surface area contributed by atoms with Crippen LogP contribution in [0.25, 0.3) is 0 Å². The molecule has 0 aromatic rings. The van der Waals surface area contributed by atoms with Crippen molar-refractivity contribution >= 4 is 12.1 Å². The Labute approximate surface area is 115 Å². The number of aliphatic carboxylic acids is 1. The largest absolute Gasteiger partial charge is 0.480 e. The van der Waals surface area contributed by atoms with Crippen molar-refractivity contribution < 1.29 is 19.4 Å². The van der Waals surface area contributed by atoms with E-state index in [0.717, 1.165) is 6.42 Å². The van der Waals surface area contributed by atoms with Gasteiger partial charge in [-0.2, -0.15) is 0 Å². The molecular formula is C14H25NO4. The molecule has 0 bridgehead atoms. The summed E-state index contributed by atoms with van der Waals surface area (Å²) in [6.45, 7) is 11.5. The lowest BCUT2D eigenvalue weighted by Crippen LogP contribution is -2.44. The van der Waals surface area contributed by atoms with Gasteiger partial charge in [-0.25, -0.2) is 9.59 Å². The van der Waals surface area contributed by atoms with Gasteiger partial charge in [0, 0.05) is 0 Å². The second-order valence-corrected chi connectivity index (χ2v) is 5.75. The lowest BCUT2D eigenvalue weighted by molar-refractivity contribution is -0.140. The van der Waals surface area contributed by atoms with Gasteiger partial charge in [0.05, 0.1) is 6.61 Å². The highest BCUT2D eigenvalue weighted by atomic mass is 16.5. The number of carbonyl (C=O) groups excluding carboxylic acids is 1. The summed E-state index contributed by atoms with van der Waals surface area (Å²) >= 11 is 0. The number of amides is 1. The third-order valence-corrected chi connectivity index (χ3v) is 2.91. The minimum atomic E-state index is -1.06. The quantitative estimate of drug-likeness (QED) is 0.666. The fourth-order valence-corrected chi connectivity index (χ4v) is 1.60. The highest BCUT2D eigenvalue weighted by Crippen LogP contribution is 2.24. The molecule has 0 rings (SSSR count). The van der Waals surface area contributed by atoms with E-state index in [1.165, 1.54) is 0 Å². The highest BCUT2D eigenvalue weighted by molar-refractivity contribution is 5.80. The van der Waals surface area contributed by atoms with Crippen molar-refractivity contribution in [1.29, 1.82) is 0 Å². The van der Waals surface area contributed by atoms with Crippen LogP contribution in [0.1, 0.15) is 40.5 Å². The Bertz CT molecular complexity index is 323. The first kappa shape index (κ1) is 17.5. The van der Waals surface area contributed by atoms with Crippen LogP contribution in [0.2, 0.25) is 0 Å². The summed E-state index contributed by atoms with van der Waals surface area (Å²) < 4.78 is 5.01. The number of carboxylic acids is 1. The van der Waals surface area contributed by atoms with Crippen LogP contribution in [-0.4, -0.2) is 29.8 Å². The zero-order valence-electron chi connectivity index (χ0n) is 12.2. The zero-order valence-corrected chi connectivity index (χ0v) is 12.2. The van der Waals surface area contributed by atoms with Crippen LogP contribution in [-0.2, 0) is 9.53 Å². The monoisotopic (exact) mass is 271 g/mol. The first-order chi connectivity index (χ1) is 8.69. The molecule has 0 radical (unpaired) electrons. The van der Waals surface area contributed by atoms with E-state index < -0.39 is 18.1 Å². The summed E-state index contributed by atoms with van der Waals surface area (Å²) in [5, 5.41) is 11.3. The summed E-state index contributed by atoms with van der Waals surface area (Å²) in [6.07, 6.45) is 2.68. The lowest BCUT2D eigenvalue weighted by Gasteiger charge is -2.23. The maximum Gasteiger partial charge on any atom is 0.407 e. The van der Waals surface area contributed by atoms with Gasteiger partial charge in [0.25, 0.3) is 0 Å². The molecule has 0 aliphatic rings. The fraction of sp³-hybridized carbons (Fsp3) is 0.714. The minimum Gasteiger partial charge on any atom is -0.480 e. The molecule has 0 fully saturated rings. The Morgan fingerprint density at radius 3 is 2.42 bits per heavy atom. The lowest BCUT2D eigenvalue weighted by atomic mass is 9.86. The van der Waals surface area contributed by atoms with Gasteiger partial charge in [-0.1, -0.05) is 33.8 Å². The summed E-state index contributed by atoms with van der Waals surface area (Å²) in [7, 11) is 0. The number of alkyl carbamates (subject to hydrolysis) is 1. The molecule has 1 amide bonds. The van der Waals surface area contributed by atoms with Gasteiger partial charge in [-0.05, 0) is 24.2 Å². The predicted octanol–water partition coefficient (Wildman–Crippen LogP) is 2.81. The SMILES string of the molecule is C=CCC(C)(C)CCOC(=O)N[C@H](C(=O)O)C(C)C. The second-order valence-electron chi connectivity index (χ2n) is 5.75. The normalized spacial score (nSPS) is 12.9. The number of nitrogens with one attached hydrogen (secondary N) is 1. The molecule has 5 heteroatoms. The average molecular weight is 271 g/mol. The van der Waals surface area contributed by atoms with Crippen LogP contribution in [0.15, 0.2) is 12.7 Å². The summed E-state index contributed by atoms with van der Waals surface area (Å²) in [6, 6.07) is -0.923. The molecule has 110 valence electrons. The fourth-order valence-electron chi connectivity index (χ4n) is 1.60. The summed E-state index contributed by atoms with van der Waals surface area (Å²) in [5.74, 6) is -1.25. The molecule has 0 aromatic carbocycles. The molecule has 0 aromatic heterocycles. The van der Waals surface area contributed by atoms with Gasteiger partial charge in [-0.15, -0.1) is 6.58 Å². The van der Waals surface area contributed by atoms with Gasteiger partial charge in [0.15, 0.2) is 0 Å². The number of hydrogen-bond donors (Lipinski definition) is 2. The van der Waals surface area contributed by atoms with Crippen LogP contribution in [0.5, 0.6) is 0 Å². The zero-order chi connectivity index (χ0) is 15.1. The summed E-state index contributed by atoms with van der Waals surface area (Å²) in [4.78, 5) is 22.4. The van der Waals surface area contributed by atoms with E-state index in [1.54, 1.807) is 13.8 Å². The molecule has 0 saturated carbocycles. The van der Waals surface area contributed by atoms with Crippen molar-refractivity contribution in [2.75, 3.05) is 6.61 Å². The van der Waals surface area contributed by atoms with Crippen molar-refractivity contribution in [3.63, 3.8) is 0 Å². The van der Waals surface area contributed by atoms with E-state index in [4.69, 9.17) is 9.84 Å². The van der Waals surface area contributed by atoms with Crippen LogP contribution < -0.4 is 5.32 Å². The number of carboxylic acid groups (broad SMARTS) is 1. The highest BCUT2D eigenvalue weighted by Gasteiger charge is 2.24. The summed E-state index contributed by atoms with van der Waals surface area (Å²) in [5.41, 5.74) is 0.0201. The molecule has 1 atom stereocenters. The van der Waals surface area contributed by atoms with E-state index in [-0.39, 0.29) is 17.9 Å².